The van der Waals surface area contributed by atoms with Gasteiger partial charge in [-0.2, -0.15) is 11.8 Å². The maximum atomic E-state index is 3.54. The number of aromatic nitrogens is 1. The van der Waals surface area contributed by atoms with Crippen molar-refractivity contribution in [3.8, 4) is 0 Å². The fourth-order valence-corrected chi connectivity index (χ4v) is 3.11. The first-order valence-corrected chi connectivity index (χ1v) is 6.40. The maximum Gasteiger partial charge on any atom is 0.0359 e. The number of aryl methyl sites for hydroxylation is 1. The Morgan fingerprint density at radius 3 is 3.21 bits per heavy atom. The number of hydrogen-bond acceptors (Lipinski definition) is 2. The molecule has 0 aliphatic carbocycles. The molecule has 0 amide bonds. The van der Waals surface area contributed by atoms with Crippen molar-refractivity contribution in [1.29, 1.82) is 0 Å². The van der Waals surface area contributed by atoms with Gasteiger partial charge in [-0.3, -0.25) is 0 Å². The SMILES string of the molecule is Cn1cccc1CNCC1CCSC1. The van der Waals surface area contributed by atoms with Gasteiger partial charge in [-0.1, -0.05) is 0 Å². The lowest BCUT2D eigenvalue weighted by Crippen LogP contribution is -2.23. The van der Waals surface area contributed by atoms with Crippen molar-refractivity contribution < 1.29 is 0 Å². The van der Waals surface area contributed by atoms with Crippen molar-refractivity contribution in [2.75, 3.05) is 18.1 Å². The summed E-state index contributed by atoms with van der Waals surface area (Å²) in [6.45, 7) is 2.18. The minimum absolute atomic E-state index is 0.903. The average Bonchev–Trinajstić information content (AvgIpc) is 2.78. The molecule has 0 radical (unpaired) electrons. The zero-order valence-electron chi connectivity index (χ0n) is 8.70. The van der Waals surface area contributed by atoms with Crippen molar-refractivity contribution in [3.63, 3.8) is 0 Å². The standard InChI is InChI=1S/C11H18N2S/c1-13-5-2-3-11(13)8-12-7-10-4-6-14-9-10/h2-3,5,10,12H,4,6-9H2,1H3. The minimum atomic E-state index is 0.903. The van der Waals surface area contributed by atoms with Crippen LogP contribution >= 0.6 is 11.8 Å². The van der Waals surface area contributed by atoms with Crippen LogP contribution in [0.25, 0.3) is 0 Å². The Morgan fingerprint density at radius 2 is 2.57 bits per heavy atom. The number of hydrogen-bond donors (Lipinski definition) is 1. The molecule has 1 atom stereocenters. The van der Waals surface area contributed by atoms with Crippen LogP contribution in [-0.4, -0.2) is 22.6 Å². The first-order chi connectivity index (χ1) is 6.86. The Hall–Kier alpha value is -0.410. The minimum Gasteiger partial charge on any atom is -0.353 e. The van der Waals surface area contributed by atoms with Gasteiger partial charge in [-0.05, 0) is 42.5 Å². The molecular weight excluding hydrogens is 192 g/mol. The van der Waals surface area contributed by atoms with E-state index in [0.29, 0.717) is 0 Å². The molecule has 1 N–H and O–H groups in total. The topological polar surface area (TPSA) is 17.0 Å². The third kappa shape index (κ3) is 2.55. The lowest BCUT2D eigenvalue weighted by molar-refractivity contribution is 0.516. The summed E-state index contributed by atoms with van der Waals surface area (Å²) in [6.07, 6.45) is 3.49. The van der Waals surface area contributed by atoms with E-state index in [-0.39, 0.29) is 0 Å². The molecule has 1 aromatic rings. The molecule has 1 aliphatic heterocycles. The zero-order valence-corrected chi connectivity index (χ0v) is 9.52. The summed E-state index contributed by atoms with van der Waals surface area (Å²) in [4.78, 5) is 0. The summed E-state index contributed by atoms with van der Waals surface area (Å²) in [7, 11) is 2.10. The summed E-state index contributed by atoms with van der Waals surface area (Å²) >= 11 is 2.09. The van der Waals surface area contributed by atoms with E-state index in [9.17, 15) is 0 Å². The lowest BCUT2D eigenvalue weighted by atomic mass is 10.1. The first kappa shape index (κ1) is 10.1. The van der Waals surface area contributed by atoms with Crippen LogP contribution in [0.1, 0.15) is 12.1 Å². The zero-order chi connectivity index (χ0) is 9.80. The highest BCUT2D eigenvalue weighted by atomic mass is 32.2. The second-order valence-electron chi connectivity index (χ2n) is 3.97. The van der Waals surface area contributed by atoms with Gasteiger partial charge in [0.1, 0.15) is 0 Å². The van der Waals surface area contributed by atoms with Crippen LogP contribution < -0.4 is 5.32 Å². The first-order valence-electron chi connectivity index (χ1n) is 5.25. The molecule has 1 fully saturated rings. The van der Waals surface area contributed by atoms with E-state index in [0.717, 1.165) is 12.5 Å². The average molecular weight is 210 g/mol. The number of nitrogens with one attached hydrogen (secondary N) is 1. The molecule has 1 unspecified atom stereocenters. The molecule has 1 aromatic heterocycles. The van der Waals surface area contributed by atoms with E-state index in [4.69, 9.17) is 0 Å². The van der Waals surface area contributed by atoms with Crippen LogP contribution in [0, 0.1) is 5.92 Å². The van der Waals surface area contributed by atoms with Crippen molar-refractivity contribution in [2.24, 2.45) is 13.0 Å². The van der Waals surface area contributed by atoms with Crippen LogP contribution in [0.4, 0.5) is 0 Å². The van der Waals surface area contributed by atoms with Gasteiger partial charge in [-0.15, -0.1) is 0 Å². The molecule has 14 heavy (non-hydrogen) atoms. The van der Waals surface area contributed by atoms with Crippen LogP contribution in [-0.2, 0) is 13.6 Å². The van der Waals surface area contributed by atoms with E-state index < -0.39 is 0 Å². The molecule has 2 heterocycles. The third-order valence-electron chi connectivity index (χ3n) is 2.81. The van der Waals surface area contributed by atoms with Gasteiger partial charge in [0.25, 0.3) is 0 Å². The van der Waals surface area contributed by atoms with Crippen molar-refractivity contribution in [1.82, 2.24) is 9.88 Å². The summed E-state index contributed by atoms with van der Waals surface area (Å²) in [6, 6.07) is 4.28. The second-order valence-corrected chi connectivity index (χ2v) is 5.12. The summed E-state index contributed by atoms with van der Waals surface area (Å²) in [5, 5.41) is 3.54. The van der Waals surface area contributed by atoms with Crippen LogP contribution in [0.5, 0.6) is 0 Å². The Bertz CT molecular complexity index is 277. The monoisotopic (exact) mass is 210 g/mol. The molecule has 1 aliphatic rings. The Morgan fingerprint density at radius 1 is 1.64 bits per heavy atom. The van der Waals surface area contributed by atoms with Gasteiger partial charge < -0.3 is 9.88 Å². The smallest absolute Gasteiger partial charge is 0.0359 e. The molecule has 2 nitrogen and oxygen atoms in total. The van der Waals surface area contributed by atoms with Gasteiger partial charge in [0, 0.05) is 25.5 Å². The van der Waals surface area contributed by atoms with Crippen molar-refractivity contribution in [2.45, 2.75) is 13.0 Å². The number of nitrogens with zero attached hydrogens (tertiary/aromatic N) is 1. The van der Waals surface area contributed by atoms with Gasteiger partial charge in [0.05, 0.1) is 0 Å². The van der Waals surface area contributed by atoms with Gasteiger partial charge in [0.2, 0.25) is 0 Å². The van der Waals surface area contributed by atoms with Crippen molar-refractivity contribution in [3.05, 3.63) is 24.0 Å². The molecule has 78 valence electrons. The van der Waals surface area contributed by atoms with Gasteiger partial charge >= 0.3 is 0 Å². The lowest BCUT2D eigenvalue weighted by Gasteiger charge is -2.10. The van der Waals surface area contributed by atoms with Gasteiger partial charge in [-0.25, -0.2) is 0 Å². The van der Waals surface area contributed by atoms with E-state index >= 15 is 0 Å². The predicted molar refractivity (Wildman–Crippen MR) is 62.6 cm³/mol. The second kappa shape index (κ2) is 4.89. The van der Waals surface area contributed by atoms with Crippen LogP contribution in [0.2, 0.25) is 0 Å². The third-order valence-corrected chi connectivity index (χ3v) is 4.05. The van der Waals surface area contributed by atoms with E-state index in [1.54, 1.807) is 0 Å². The highest BCUT2D eigenvalue weighted by Crippen LogP contribution is 2.22. The van der Waals surface area contributed by atoms with E-state index in [1.165, 1.54) is 30.2 Å². The van der Waals surface area contributed by atoms with Crippen molar-refractivity contribution >= 4 is 11.8 Å². The van der Waals surface area contributed by atoms with Crippen LogP contribution in [0.15, 0.2) is 18.3 Å². The Balaban J connectivity index is 1.70. The summed E-state index contributed by atoms with van der Waals surface area (Å²) in [5.41, 5.74) is 1.37. The molecule has 0 spiro atoms. The highest BCUT2D eigenvalue weighted by molar-refractivity contribution is 7.99. The molecule has 2 rings (SSSR count). The summed E-state index contributed by atoms with van der Waals surface area (Å²) in [5.74, 6) is 3.61. The Kier molecular flexibility index (Phi) is 3.54. The fourth-order valence-electron chi connectivity index (χ4n) is 1.83. The molecule has 0 bridgehead atoms. The summed E-state index contributed by atoms with van der Waals surface area (Å²) < 4.78 is 2.18. The molecule has 0 saturated carbocycles. The molecule has 3 heteroatoms. The number of thioether (sulfide) groups is 1. The highest BCUT2D eigenvalue weighted by Gasteiger charge is 2.14. The number of rotatable bonds is 4. The maximum absolute atomic E-state index is 3.54. The predicted octanol–water partition coefficient (Wildman–Crippen LogP) is 1.87. The molecular formula is C11H18N2S. The molecule has 0 aromatic carbocycles. The largest absolute Gasteiger partial charge is 0.353 e. The van der Waals surface area contributed by atoms with Gasteiger partial charge in [0.15, 0.2) is 0 Å². The fraction of sp³-hybridized carbons (Fsp3) is 0.636. The van der Waals surface area contributed by atoms with Crippen LogP contribution in [0.3, 0.4) is 0 Å². The molecule has 1 saturated heterocycles. The quantitative estimate of drug-likeness (QED) is 0.817. The Labute approximate surface area is 90.1 Å². The van der Waals surface area contributed by atoms with E-state index in [2.05, 4.69) is 47.0 Å². The van der Waals surface area contributed by atoms with E-state index in [1.807, 2.05) is 0 Å². The normalized spacial score (nSPS) is 21.6.